The molecular weight excluding hydrogens is 190 g/mol. The molecule has 2 heteroatoms. The summed E-state index contributed by atoms with van der Waals surface area (Å²) >= 11 is 5.13. The highest BCUT2D eigenvalue weighted by Crippen LogP contribution is 2.10. The van der Waals surface area contributed by atoms with E-state index in [9.17, 15) is 0 Å². The van der Waals surface area contributed by atoms with E-state index >= 15 is 0 Å². The molecule has 0 saturated heterocycles. The molecule has 0 amide bonds. The standard InChI is InChI=1S/C12H15NS/c1-3-7-12(14)13-10(2)11-8-5-4-6-9-11/h3-10H,1-2H3,(H,13,14)/b7-3+. The van der Waals surface area contributed by atoms with Gasteiger partial charge in [0, 0.05) is 6.04 Å². The number of hydrogen-bond acceptors (Lipinski definition) is 1. The molecule has 0 radical (unpaired) electrons. The molecule has 0 spiro atoms. The third kappa shape index (κ3) is 3.30. The van der Waals surface area contributed by atoms with Crippen LogP contribution in [0.15, 0.2) is 42.5 Å². The maximum Gasteiger partial charge on any atom is 0.0989 e. The number of benzene rings is 1. The molecule has 0 aromatic heterocycles. The molecule has 0 bridgehead atoms. The van der Waals surface area contributed by atoms with Crippen molar-refractivity contribution in [3.8, 4) is 0 Å². The van der Waals surface area contributed by atoms with E-state index in [0.29, 0.717) is 0 Å². The lowest BCUT2D eigenvalue weighted by Gasteiger charge is -2.14. The van der Waals surface area contributed by atoms with Gasteiger partial charge in [-0.1, -0.05) is 48.6 Å². The normalized spacial score (nSPS) is 12.7. The zero-order chi connectivity index (χ0) is 10.4. The molecule has 1 rings (SSSR count). The van der Waals surface area contributed by atoms with Crippen molar-refractivity contribution in [2.24, 2.45) is 0 Å². The fourth-order valence-corrected chi connectivity index (χ4v) is 1.55. The third-order valence-electron chi connectivity index (χ3n) is 1.98. The highest BCUT2D eigenvalue weighted by atomic mass is 32.1. The summed E-state index contributed by atoms with van der Waals surface area (Å²) in [5.41, 5.74) is 1.25. The maximum absolute atomic E-state index is 5.13. The first-order valence-corrected chi connectivity index (χ1v) is 5.13. The Morgan fingerprint density at radius 2 is 2.00 bits per heavy atom. The average Bonchev–Trinajstić information content (AvgIpc) is 2.19. The Kier molecular flexibility index (Phi) is 4.33. The summed E-state index contributed by atoms with van der Waals surface area (Å²) in [5, 5.41) is 3.24. The number of allylic oxidation sites excluding steroid dienone is 1. The van der Waals surface area contributed by atoms with Crippen molar-refractivity contribution in [1.82, 2.24) is 5.32 Å². The average molecular weight is 205 g/mol. The van der Waals surface area contributed by atoms with E-state index in [1.165, 1.54) is 5.56 Å². The molecule has 1 aromatic rings. The highest BCUT2D eigenvalue weighted by molar-refractivity contribution is 7.80. The van der Waals surface area contributed by atoms with Crippen molar-refractivity contribution < 1.29 is 0 Å². The largest absolute Gasteiger partial charge is 0.370 e. The minimum absolute atomic E-state index is 0.264. The van der Waals surface area contributed by atoms with Gasteiger partial charge in [0.25, 0.3) is 0 Å². The SMILES string of the molecule is C/C=C/C(=S)NC(C)c1ccccc1. The zero-order valence-electron chi connectivity index (χ0n) is 8.53. The summed E-state index contributed by atoms with van der Waals surface area (Å²) in [5.74, 6) is 0. The fourth-order valence-electron chi connectivity index (χ4n) is 1.24. The van der Waals surface area contributed by atoms with Gasteiger partial charge in [-0.05, 0) is 25.5 Å². The van der Waals surface area contributed by atoms with Gasteiger partial charge < -0.3 is 5.32 Å². The third-order valence-corrected chi connectivity index (χ3v) is 2.23. The van der Waals surface area contributed by atoms with Gasteiger partial charge in [-0.2, -0.15) is 0 Å². The summed E-state index contributed by atoms with van der Waals surface area (Å²) in [6.45, 7) is 4.06. The molecule has 0 aliphatic rings. The van der Waals surface area contributed by atoms with Crippen molar-refractivity contribution in [3.63, 3.8) is 0 Å². The van der Waals surface area contributed by atoms with Crippen molar-refractivity contribution in [3.05, 3.63) is 48.0 Å². The Morgan fingerprint density at radius 1 is 1.36 bits per heavy atom. The maximum atomic E-state index is 5.13. The summed E-state index contributed by atoms with van der Waals surface area (Å²) in [4.78, 5) is 0.781. The Morgan fingerprint density at radius 3 is 2.57 bits per heavy atom. The van der Waals surface area contributed by atoms with Crippen molar-refractivity contribution in [1.29, 1.82) is 0 Å². The fraction of sp³-hybridized carbons (Fsp3) is 0.250. The van der Waals surface area contributed by atoms with Crippen LogP contribution in [0.25, 0.3) is 0 Å². The van der Waals surface area contributed by atoms with E-state index in [1.807, 2.05) is 37.3 Å². The van der Waals surface area contributed by atoms with Crippen LogP contribution >= 0.6 is 12.2 Å². The molecule has 0 aliphatic carbocycles. The minimum atomic E-state index is 0.264. The lowest BCUT2D eigenvalue weighted by molar-refractivity contribution is 0.725. The van der Waals surface area contributed by atoms with Crippen LogP contribution in [0.3, 0.4) is 0 Å². The molecule has 1 nitrogen and oxygen atoms in total. The van der Waals surface area contributed by atoms with Crippen LogP contribution in [-0.2, 0) is 0 Å². The summed E-state index contributed by atoms with van der Waals surface area (Å²) in [6, 6.07) is 10.5. The van der Waals surface area contributed by atoms with E-state index in [-0.39, 0.29) is 6.04 Å². The zero-order valence-corrected chi connectivity index (χ0v) is 9.34. The number of nitrogens with one attached hydrogen (secondary N) is 1. The van der Waals surface area contributed by atoms with Gasteiger partial charge in [0.05, 0.1) is 4.99 Å². The molecule has 0 saturated carbocycles. The molecule has 0 heterocycles. The van der Waals surface area contributed by atoms with E-state index in [1.54, 1.807) is 0 Å². The van der Waals surface area contributed by atoms with Crippen molar-refractivity contribution >= 4 is 17.2 Å². The van der Waals surface area contributed by atoms with E-state index < -0.39 is 0 Å². The molecule has 1 N–H and O–H groups in total. The van der Waals surface area contributed by atoms with E-state index in [0.717, 1.165) is 4.99 Å². The second-order valence-corrected chi connectivity index (χ2v) is 3.58. The molecule has 0 fully saturated rings. The smallest absolute Gasteiger partial charge is 0.0989 e. The highest BCUT2D eigenvalue weighted by Gasteiger charge is 2.03. The predicted octanol–water partition coefficient (Wildman–Crippen LogP) is 3.24. The second kappa shape index (κ2) is 5.55. The first-order valence-electron chi connectivity index (χ1n) is 4.72. The Balaban J connectivity index is 2.59. The Labute approximate surface area is 90.8 Å². The lowest BCUT2D eigenvalue weighted by atomic mass is 10.1. The first kappa shape index (κ1) is 10.9. The first-order chi connectivity index (χ1) is 6.74. The van der Waals surface area contributed by atoms with Gasteiger partial charge in [-0.3, -0.25) is 0 Å². The predicted molar refractivity (Wildman–Crippen MR) is 65.4 cm³/mol. The Bertz CT molecular complexity index is 316. The summed E-state index contributed by atoms with van der Waals surface area (Å²) in [6.07, 6.45) is 3.84. The molecule has 74 valence electrons. The lowest BCUT2D eigenvalue weighted by Crippen LogP contribution is -2.22. The number of thiocarbonyl (C=S) groups is 1. The van der Waals surface area contributed by atoms with Crippen LogP contribution in [-0.4, -0.2) is 4.99 Å². The van der Waals surface area contributed by atoms with Gasteiger partial charge in [-0.15, -0.1) is 0 Å². The van der Waals surface area contributed by atoms with Gasteiger partial charge in [0.15, 0.2) is 0 Å². The van der Waals surface area contributed by atoms with Gasteiger partial charge in [-0.25, -0.2) is 0 Å². The Hall–Kier alpha value is -1.15. The second-order valence-electron chi connectivity index (χ2n) is 3.14. The van der Waals surface area contributed by atoms with Gasteiger partial charge >= 0.3 is 0 Å². The number of rotatable bonds is 3. The van der Waals surface area contributed by atoms with Crippen LogP contribution in [0, 0.1) is 0 Å². The van der Waals surface area contributed by atoms with Crippen LogP contribution in [0.2, 0.25) is 0 Å². The summed E-state index contributed by atoms with van der Waals surface area (Å²) < 4.78 is 0. The van der Waals surface area contributed by atoms with Gasteiger partial charge in [0.2, 0.25) is 0 Å². The van der Waals surface area contributed by atoms with E-state index in [4.69, 9.17) is 12.2 Å². The number of hydrogen-bond donors (Lipinski definition) is 1. The summed E-state index contributed by atoms with van der Waals surface area (Å²) in [7, 11) is 0. The van der Waals surface area contributed by atoms with Crippen LogP contribution in [0.1, 0.15) is 25.5 Å². The van der Waals surface area contributed by atoms with Crippen molar-refractivity contribution in [2.75, 3.05) is 0 Å². The van der Waals surface area contributed by atoms with Crippen LogP contribution in [0.4, 0.5) is 0 Å². The monoisotopic (exact) mass is 205 g/mol. The van der Waals surface area contributed by atoms with Gasteiger partial charge in [0.1, 0.15) is 0 Å². The van der Waals surface area contributed by atoms with Crippen molar-refractivity contribution in [2.45, 2.75) is 19.9 Å². The molecule has 1 atom stereocenters. The molecule has 1 aromatic carbocycles. The van der Waals surface area contributed by atoms with Crippen LogP contribution in [0.5, 0.6) is 0 Å². The topological polar surface area (TPSA) is 12.0 Å². The molecule has 1 unspecified atom stereocenters. The van der Waals surface area contributed by atoms with E-state index in [2.05, 4.69) is 24.4 Å². The minimum Gasteiger partial charge on any atom is -0.370 e. The van der Waals surface area contributed by atoms with Crippen LogP contribution < -0.4 is 5.32 Å². The quantitative estimate of drug-likeness (QED) is 0.600. The molecule has 14 heavy (non-hydrogen) atoms. The molecule has 0 aliphatic heterocycles. The molecular formula is C12H15NS.